The number of Topliss-reactive ketones (excluding diaryl/α,β-unsaturated/α-hetero) is 1. The summed E-state index contributed by atoms with van der Waals surface area (Å²) in [6.07, 6.45) is 0.708. The Balaban J connectivity index is 1.41. The summed E-state index contributed by atoms with van der Waals surface area (Å²) in [5.74, 6) is -0.757. The first-order valence-corrected chi connectivity index (χ1v) is 13.9. The van der Waals surface area contributed by atoms with Crippen molar-refractivity contribution in [2.75, 3.05) is 39.4 Å². The van der Waals surface area contributed by atoms with Gasteiger partial charge in [0.05, 0.1) is 24.8 Å². The number of halogens is 1. The lowest BCUT2D eigenvalue weighted by atomic mass is 9.95. The first-order valence-electron chi connectivity index (χ1n) is 13.1. The van der Waals surface area contributed by atoms with Crippen LogP contribution in [0.1, 0.15) is 29.2 Å². The second-order valence-electron chi connectivity index (χ2n) is 9.65. The van der Waals surface area contributed by atoms with Gasteiger partial charge in [0.15, 0.2) is 0 Å². The van der Waals surface area contributed by atoms with E-state index < -0.39 is 17.7 Å². The Morgan fingerprint density at radius 1 is 0.923 bits per heavy atom. The monoisotopic (exact) mass is 590 g/mol. The summed E-state index contributed by atoms with van der Waals surface area (Å²) in [5.41, 5.74) is 2.39. The van der Waals surface area contributed by atoms with Gasteiger partial charge in [0, 0.05) is 36.2 Å². The van der Waals surface area contributed by atoms with Crippen LogP contribution >= 0.6 is 15.9 Å². The van der Waals surface area contributed by atoms with Crippen molar-refractivity contribution in [3.63, 3.8) is 0 Å². The third kappa shape index (κ3) is 6.41. The second kappa shape index (κ2) is 12.6. The molecule has 0 radical (unpaired) electrons. The minimum absolute atomic E-state index is 0.103. The number of amides is 1. The first kappa shape index (κ1) is 27.1. The lowest BCUT2D eigenvalue weighted by Crippen LogP contribution is -2.38. The van der Waals surface area contributed by atoms with Crippen LogP contribution in [0.5, 0.6) is 5.75 Å². The van der Waals surface area contributed by atoms with Gasteiger partial charge in [0.25, 0.3) is 11.7 Å². The highest BCUT2D eigenvalue weighted by Gasteiger charge is 2.45. The summed E-state index contributed by atoms with van der Waals surface area (Å²) < 4.78 is 12.2. The van der Waals surface area contributed by atoms with Crippen LogP contribution in [-0.4, -0.2) is 66.0 Å². The van der Waals surface area contributed by atoms with Crippen LogP contribution < -0.4 is 4.74 Å². The Labute approximate surface area is 236 Å². The smallest absolute Gasteiger partial charge is 0.295 e. The van der Waals surface area contributed by atoms with Gasteiger partial charge in [-0.25, -0.2) is 0 Å². The predicted octanol–water partition coefficient (Wildman–Crippen LogP) is 5.17. The van der Waals surface area contributed by atoms with Crippen LogP contribution in [0.4, 0.5) is 0 Å². The zero-order valence-electron chi connectivity index (χ0n) is 21.6. The lowest BCUT2D eigenvalue weighted by Gasteiger charge is -2.29. The van der Waals surface area contributed by atoms with E-state index in [0.717, 1.165) is 35.2 Å². The highest BCUT2D eigenvalue weighted by molar-refractivity contribution is 9.10. The molecule has 2 heterocycles. The maximum absolute atomic E-state index is 13.3. The standard InChI is InChI=1S/C31H31BrN2O5/c32-25-11-7-24(8-12-25)29(35)27-28(23-9-13-26(14-10-23)39-21-22-5-2-1-3-6-22)34(31(37)30(27)36)16-4-15-33-17-19-38-20-18-33/h1-3,5-14,28,35H,4,15-21H2/b29-27-. The summed E-state index contributed by atoms with van der Waals surface area (Å²) in [6.45, 7) is 4.76. The number of rotatable bonds is 9. The summed E-state index contributed by atoms with van der Waals surface area (Å²) in [5, 5.41) is 11.3. The number of hydrogen-bond acceptors (Lipinski definition) is 6. The molecule has 202 valence electrons. The van der Waals surface area contributed by atoms with Gasteiger partial charge in [-0.1, -0.05) is 70.5 Å². The molecule has 0 aliphatic carbocycles. The third-order valence-electron chi connectivity index (χ3n) is 7.08. The molecule has 0 aromatic heterocycles. The molecule has 2 saturated heterocycles. The number of carbonyl (C=O) groups excluding carboxylic acids is 2. The summed E-state index contributed by atoms with van der Waals surface area (Å²) in [4.78, 5) is 30.5. The molecule has 39 heavy (non-hydrogen) atoms. The van der Waals surface area contributed by atoms with Crippen LogP contribution in [0.2, 0.25) is 0 Å². The van der Waals surface area contributed by atoms with E-state index in [9.17, 15) is 14.7 Å². The normalized spacial score (nSPS) is 19.4. The number of likely N-dealkylation sites (tertiary alicyclic amines) is 1. The van der Waals surface area contributed by atoms with Crippen molar-refractivity contribution in [1.82, 2.24) is 9.80 Å². The van der Waals surface area contributed by atoms with E-state index in [2.05, 4.69) is 20.8 Å². The van der Waals surface area contributed by atoms with Crippen molar-refractivity contribution in [2.45, 2.75) is 19.1 Å². The van der Waals surface area contributed by atoms with Crippen molar-refractivity contribution >= 4 is 33.4 Å². The van der Waals surface area contributed by atoms with Crippen molar-refractivity contribution in [2.24, 2.45) is 0 Å². The zero-order chi connectivity index (χ0) is 27.2. The molecule has 2 fully saturated rings. The fourth-order valence-electron chi connectivity index (χ4n) is 5.00. The summed E-state index contributed by atoms with van der Waals surface area (Å²) in [7, 11) is 0. The molecule has 0 saturated carbocycles. The molecule has 5 rings (SSSR count). The third-order valence-corrected chi connectivity index (χ3v) is 7.61. The minimum Gasteiger partial charge on any atom is -0.507 e. The zero-order valence-corrected chi connectivity index (χ0v) is 23.2. The number of hydrogen-bond donors (Lipinski definition) is 1. The molecule has 0 spiro atoms. The van der Waals surface area contributed by atoms with Gasteiger partial charge in [-0.2, -0.15) is 0 Å². The highest BCUT2D eigenvalue weighted by atomic mass is 79.9. The topological polar surface area (TPSA) is 79.3 Å². The number of ketones is 1. The van der Waals surface area contributed by atoms with E-state index in [1.165, 1.54) is 0 Å². The SMILES string of the molecule is O=C1C(=O)N(CCCN2CCOCC2)C(c2ccc(OCc3ccccc3)cc2)/C1=C(/O)c1ccc(Br)cc1. The molecular weight excluding hydrogens is 560 g/mol. The summed E-state index contributed by atoms with van der Waals surface area (Å²) >= 11 is 3.40. The van der Waals surface area contributed by atoms with E-state index in [-0.39, 0.29) is 11.3 Å². The van der Waals surface area contributed by atoms with Crippen LogP contribution in [0.3, 0.4) is 0 Å². The van der Waals surface area contributed by atoms with Gasteiger partial charge in [0.2, 0.25) is 0 Å². The molecule has 0 bridgehead atoms. The van der Waals surface area contributed by atoms with E-state index in [1.807, 2.05) is 54.6 Å². The minimum atomic E-state index is -0.693. The predicted molar refractivity (Wildman–Crippen MR) is 152 cm³/mol. The van der Waals surface area contributed by atoms with Gasteiger partial charge in [0.1, 0.15) is 18.1 Å². The lowest BCUT2D eigenvalue weighted by molar-refractivity contribution is -0.140. The van der Waals surface area contributed by atoms with E-state index in [4.69, 9.17) is 9.47 Å². The van der Waals surface area contributed by atoms with Crippen LogP contribution in [0.15, 0.2) is 88.9 Å². The van der Waals surface area contributed by atoms with Gasteiger partial charge in [-0.05, 0) is 41.8 Å². The van der Waals surface area contributed by atoms with Crippen LogP contribution in [0.25, 0.3) is 5.76 Å². The van der Waals surface area contributed by atoms with E-state index in [1.54, 1.807) is 29.2 Å². The van der Waals surface area contributed by atoms with E-state index >= 15 is 0 Å². The number of aliphatic hydroxyl groups is 1. The number of aliphatic hydroxyl groups excluding tert-OH is 1. The van der Waals surface area contributed by atoms with Crippen molar-refractivity contribution in [3.8, 4) is 5.75 Å². The highest BCUT2D eigenvalue weighted by Crippen LogP contribution is 2.40. The fourth-order valence-corrected chi connectivity index (χ4v) is 5.26. The quantitative estimate of drug-likeness (QED) is 0.210. The molecule has 1 unspecified atom stereocenters. The molecule has 1 N–H and O–H groups in total. The number of carbonyl (C=O) groups is 2. The maximum atomic E-state index is 13.3. The Bertz CT molecular complexity index is 1320. The summed E-state index contributed by atoms with van der Waals surface area (Å²) in [6, 6.07) is 23.6. The van der Waals surface area contributed by atoms with Crippen molar-refractivity contribution in [1.29, 1.82) is 0 Å². The number of benzene rings is 3. The maximum Gasteiger partial charge on any atom is 0.295 e. The van der Waals surface area contributed by atoms with Gasteiger partial charge in [-0.3, -0.25) is 14.5 Å². The van der Waals surface area contributed by atoms with Gasteiger partial charge in [-0.15, -0.1) is 0 Å². The molecule has 7 nitrogen and oxygen atoms in total. The average Bonchev–Trinajstić information content (AvgIpc) is 3.22. The molecule has 1 amide bonds. The molecule has 8 heteroatoms. The van der Waals surface area contributed by atoms with Gasteiger partial charge < -0.3 is 19.5 Å². The second-order valence-corrected chi connectivity index (χ2v) is 10.6. The average molecular weight is 592 g/mol. The van der Waals surface area contributed by atoms with Crippen molar-refractivity contribution in [3.05, 3.63) is 106 Å². The largest absolute Gasteiger partial charge is 0.507 e. The molecule has 2 aliphatic rings. The van der Waals surface area contributed by atoms with Crippen molar-refractivity contribution < 1.29 is 24.2 Å². The van der Waals surface area contributed by atoms with Crippen LogP contribution in [0, 0.1) is 0 Å². The molecule has 3 aromatic carbocycles. The van der Waals surface area contributed by atoms with E-state index in [0.29, 0.717) is 44.1 Å². The number of ether oxygens (including phenoxy) is 2. The Kier molecular flexibility index (Phi) is 8.76. The first-order chi connectivity index (χ1) is 19.0. The molecule has 3 aromatic rings. The Hall–Kier alpha value is -3.46. The van der Waals surface area contributed by atoms with Gasteiger partial charge >= 0.3 is 0 Å². The molecule has 2 aliphatic heterocycles. The number of morpholine rings is 1. The Morgan fingerprint density at radius 2 is 1.62 bits per heavy atom. The molecular formula is C31H31BrN2O5. The molecule has 1 atom stereocenters. The Morgan fingerprint density at radius 3 is 2.31 bits per heavy atom. The fraction of sp³-hybridized carbons (Fsp3) is 0.290. The van der Waals surface area contributed by atoms with Crippen LogP contribution in [-0.2, 0) is 20.9 Å². The number of nitrogens with zero attached hydrogens (tertiary/aromatic N) is 2.